The van der Waals surface area contributed by atoms with Crippen LogP contribution < -0.4 is 0 Å². The van der Waals surface area contributed by atoms with Crippen LogP contribution in [0.15, 0.2) is 47.6 Å². The molecule has 0 amide bonds. The van der Waals surface area contributed by atoms with Gasteiger partial charge in [-0.1, -0.05) is 69.7 Å². The van der Waals surface area contributed by atoms with Crippen molar-refractivity contribution in [2.75, 3.05) is 0 Å². The number of aliphatic hydroxyl groups is 2. The Morgan fingerprint density at radius 3 is 2.32 bits per heavy atom. The predicted molar refractivity (Wildman–Crippen MR) is 165 cm³/mol. The highest BCUT2D eigenvalue weighted by molar-refractivity contribution is 6.06. The third-order valence-electron chi connectivity index (χ3n) is 12.9. The zero-order chi connectivity index (χ0) is 30.2. The van der Waals surface area contributed by atoms with Crippen LogP contribution in [0, 0.1) is 45.3 Å². The van der Waals surface area contributed by atoms with Crippen molar-refractivity contribution in [2.24, 2.45) is 45.3 Å². The number of benzene rings is 1. The number of allylic oxidation sites excluding steroid dienone is 3. The Bertz CT molecular complexity index is 1270. The smallest absolute Gasteiger partial charge is 0.168 e. The first kappa shape index (κ1) is 30.4. The Balaban J connectivity index is 1.49. The molecule has 4 nitrogen and oxygen atoms in total. The van der Waals surface area contributed by atoms with Gasteiger partial charge in [0.25, 0.3) is 0 Å². The van der Waals surface area contributed by atoms with Crippen LogP contribution in [-0.2, 0) is 9.59 Å². The van der Waals surface area contributed by atoms with E-state index in [1.54, 1.807) is 13.8 Å². The zero-order valence-electron chi connectivity index (χ0n) is 26.6. The second-order valence-electron chi connectivity index (χ2n) is 15.8. The summed E-state index contributed by atoms with van der Waals surface area (Å²) in [6.07, 6.45) is 9.33. The van der Waals surface area contributed by atoms with Crippen LogP contribution in [0.2, 0.25) is 0 Å². The van der Waals surface area contributed by atoms with Crippen molar-refractivity contribution >= 4 is 17.6 Å². The van der Waals surface area contributed by atoms with E-state index in [0.29, 0.717) is 36.9 Å². The van der Waals surface area contributed by atoms with Crippen LogP contribution in [0.4, 0.5) is 0 Å². The van der Waals surface area contributed by atoms with Crippen LogP contribution in [-0.4, -0.2) is 33.5 Å². The van der Waals surface area contributed by atoms with Crippen molar-refractivity contribution in [1.29, 1.82) is 0 Å². The molecule has 0 spiro atoms. The number of ketones is 2. The average Bonchev–Trinajstić information content (AvgIpc) is 3.16. The third kappa shape index (κ3) is 4.54. The van der Waals surface area contributed by atoms with Gasteiger partial charge < -0.3 is 10.2 Å². The number of carbonyl (C=O) groups is 2. The van der Waals surface area contributed by atoms with E-state index in [2.05, 4.69) is 53.7 Å². The molecule has 8 atom stereocenters. The van der Waals surface area contributed by atoms with Gasteiger partial charge in [0, 0.05) is 17.3 Å². The van der Waals surface area contributed by atoms with Crippen LogP contribution in [0.25, 0.3) is 6.08 Å². The lowest BCUT2D eigenvalue weighted by Gasteiger charge is -2.64. The Morgan fingerprint density at radius 2 is 1.68 bits per heavy atom. The normalized spacial score (nSPS) is 39.0. The van der Waals surface area contributed by atoms with E-state index in [4.69, 9.17) is 0 Å². The van der Waals surface area contributed by atoms with E-state index in [0.717, 1.165) is 36.8 Å². The molecule has 0 radical (unpaired) electrons. The van der Waals surface area contributed by atoms with Gasteiger partial charge in [0.15, 0.2) is 5.78 Å². The summed E-state index contributed by atoms with van der Waals surface area (Å²) in [6, 6.07) is 10.1. The molecule has 2 N–H and O–H groups in total. The van der Waals surface area contributed by atoms with E-state index in [1.807, 2.05) is 30.3 Å². The van der Waals surface area contributed by atoms with Crippen molar-refractivity contribution in [3.8, 4) is 0 Å². The molecule has 4 aliphatic carbocycles. The minimum Gasteiger partial charge on any atom is -0.390 e. The molecule has 4 aliphatic rings. The van der Waals surface area contributed by atoms with Crippen molar-refractivity contribution < 1.29 is 19.8 Å². The van der Waals surface area contributed by atoms with E-state index in [1.165, 1.54) is 5.57 Å². The number of hydrogen-bond donors (Lipinski definition) is 2. The van der Waals surface area contributed by atoms with Gasteiger partial charge in [-0.3, -0.25) is 9.59 Å². The monoisotopic (exact) mass is 560 g/mol. The van der Waals surface area contributed by atoms with Gasteiger partial charge in [0.1, 0.15) is 5.78 Å². The standard InChI is InChI=1S/C37H52O4/c1-23(14-17-30(38)34(4,5)41)26-18-19-35(6)29-16-15-27-28(37(29,8)31(39)22-36(26,35)7)21-25(32(40)33(27,2)3)20-24-12-10-9-11-13-24/h9-13,15,20,23,26,28-30,38,41H,14,16-19,21-22H2,1-8H3/b25-20+/t23-,26-,28-,29+,30-,35+,36-,37+/m1/s1. The van der Waals surface area contributed by atoms with Crippen molar-refractivity contribution in [3.05, 3.63) is 53.1 Å². The van der Waals surface area contributed by atoms with E-state index < -0.39 is 22.5 Å². The lowest BCUT2D eigenvalue weighted by atomic mass is 9.38. The van der Waals surface area contributed by atoms with Crippen molar-refractivity contribution in [2.45, 2.75) is 112 Å². The van der Waals surface area contributed by atoms with Crippen LogP contribution in [0.1, 0.15) is 106 Å². The topological polar surface area (TPSA) is 74.6 Å². The minimum atomic E-state index is -1.11. The molecule has 1 aromatic carbocycles. The number of rotatable bonds is 6. The molecule has 0 saturated heterocycles. The molecule has 4 heteroatoms. The van der Waals surface area contributed by atoms with Gasteiger partial charge >= 0.3 is 0 Å². The quantitative estimate of drug-likeness (QED) is 0.278. The summed E-state index contributed by atoms with van der Waals surface area (Å²) >= 11 is 0. The lowest BCUT2D eigenvalue weighted by Crippen LogP contribution is -2.63. The molecular formula is C37H52O4. The summed E-state index contributed by atoms with van der Waals surface area (Å²) in [5, 5.41) is 20.8. The molecular weight excluding hydrogens is 508 g/mol. The predicted octanol–water partition coefficient (Wildman–Crippen LogP) is 7.58. The molecule has 3 saturated carbocycles. The molecule has 224 valence electrons. The summed E-state index contributed by atoms with van der Waals surface area (Å²) in [7, 11) is 0. The van der Waals surface area contributed by atoms with Gasteiger partial charge in [0.05, 0.1) is 11.7 Å². The highest BCUT2D eigenvalue weighted by Gasteiger charge is 2.70. The van der Waals surface area contributed by atoms with Gasteiger partial charge in [-0.15, -0.1) is 0 Å². The van der Waals surface area contributed by atoms with Crippen LogP contribution in [0.5, 0.6) is 0 Å². The third-order valence-corrected chi connectivity index (χ3v) is 12.9. The number of fused-ring (bicyclic) bond motifs is 5. The van der Waals surface area contributed by atoms with E-state index >= 15 is 0 Å². The maximum absolute atomic E-state index is 14.6. The van der Waals surface area contributed by atoms with Gasteiger partial charge in [0.2, 0.25) is 0 Å². The fraction of sp³-hybridized carbons (Fsp3) is 0.676. The fourth-order valence-electron chi connectivity index (χ4n) is 10.0. The highest BCUT2D eigenvalue weighted by atomic mass is 16.3. The van der Waals surface area contributed by atoms with Gasteiger partial charge in [-0.25, -0.2) is 0 Å². The fourth-order valence-corrected chi connectivity index (χ4v) is 10.0. The number of Topliss-reactive ketones (excluding diaryl/α,β-unsaturated/α-hetero) is 2. The highest BCUT2D eigenvalue weighted by Crippen LogP contribution is 2.74. The largest absolute Gasteiger partial charge is 0.390 e. The van der Waals surface area contributed by atoms with Crippen molar-refractivity contribution in [3.63, 3.8) is 0 Å². The molecule has 0 heterocycles. The number of aliphatic hydroxyl groups excluding tert-OH is 1. The van der Waals surface area contributed by atoms with E-state index in [-0.39, 0.29) is 28.4 Å². The Hall–Kier alpha value is -2.04. The zero-order valence-corrected chi connectivity index (χ0v) is 26.6. The van der Waals surface area contributed by atoms with E-state index in [9.17, 15) is 19.8 Å². The van der Waals surface area contributed by atoms with Crippen LogP contribution >= 0.6 is 0 Å². The Kier molecular flexibility index (Phi) is 7.43. The van der Waals surface area contributed by atoms with Gasteiger partial charge in [-0.2, -0.15) is 0 Å². The molecule has 5 rings (SSSR count). The second-order valence-corrected chi connectivity index (χ2v) is 15.8. The maximum Gasteiger partial charge on any atom is 0.168 e. The summed E-state index contributed by atoms with van der Waals surface area (Å²) < 4.78 is 0. The number of carbonyl (C=O) groups excluding carboxylic acids is 2. The molecule has 0 aliphatic heterocycles. The SMILES string of the molecule is C[C@H](CC[C@@H](O)C(C)(C)O)[C@H]1CC[C@@]2(C)[C@@H]3CC=C4[C@@H](C/C(=C\c5ccccc5)C(=O)C4(C)C)[C@]3(C)C(=O)C[C@]12C. The summed E-state index contributed by atoms with van der Waals surface area (Å²) in [6.45, 7) is 16.8. The second kappa shape index (κ2) is 10.0. The minimum absolute atomic E-state index is 0.0143. The lowest BCUT2D eigenvalue weighted by molar-refractivity contribution is -0.170. The summed E-state index contributed by atoms with van der Waals surface area (Å²) in [5.74, 6) is 1.59. The summed E-state index contributed by atoms with van der Waals surface area (Å²) in [4.78, 5) is 28.4. The molecule has 1 aromatic rings. The first-order chi connectivity index (χ1) is 19.0. The first-order valence-electron chi connectivity index (χ1n) is 15.9. The first-order valence-corrected chi connectivity index (χ1v) is 15.9. The van der Waals surface area contributed by atoms with Crippen LogP contribution in [0.3, 0.4) is 0 Å². The molecule has 0 bridgehead atoms. The number of hydrogen-bond acceptors (Lipinski definition) is 4. The van der Waals surface area contributed by atoms with Gasteiger partial charge in [-0.05, 0) is 118 Å². The summed E-state index contributed by atoms with van der Waals surface area (Å²) in [5.41, 5.74) is 0.742. The molecule has 0 aromatic heterocycles. The average molecular weight is 561 g/mol. The maximum atomic E-state index is 14.6. The molecule has 0 unspecified atom stereocenters. The Morgan fingerprint density at radius 1 is 1.02 bits per heavy atom. The van der Waals surface area contributed by atoms with Crippen molar-refractivity contribution in [1.82, 2.24) is 0 Å². The Labute approximate surface area is 247 Å². The molecule has 41 heavy (non-hydrogen) atoms. The molecule has 3 fully saturated rings.